The number of hydrogen-bond donors (Lipinski definition) is 1. The summed E-state index contributed by atoms with van der Waals surface area (Å²) in [5, 5.41) is 13.3. The van der Waals surface area contributed by atoms with Crippen molar-refractivity contribution in [2.24, 2.45) is 0 Å². The van der Waals surface area contributed by atoms with E-state index in [2.05, 4.69) is 5.32 Å². The number of nitrogens with zero attached hydrogens (tertiary/aromatic N) is 1. The first-order chi connectivity index (χ1) is 19.0. The van der Waals surface area contributed by atoms with E-state index in [4.69, 9.17) is 37.4 Å². The summed E-state index contributed by atoms with van der Waals surface area (Å²) in [6, 6.07) is 29.1. The highest BCUT2D eigenvalue weighted by Gasteiger charge is 2.15. The lowest BCUT2D eigenvalue weighted by Crippen LogP contribution is -2.13. The largest absolute Gasteiger partial charge is 0.493 e. The second-order valence-electron chi connectivity index (χ2n) is 8.34. The molecule has 0 heterocycles. The fourth-order valence-electron chi connectivity index (χ4n) is 3.62. The lowest BCUT2D eigenvalue weighted by atomic mass is 10.1. The summed E-state index contributed by atoms with van der Waals surface area (Å²) in [6.07, 6.45) is 1.44. The van der Waals surface area contributed by atoms with Crippen molar-refractivity contribution >= 4 is 40.9 Å². The first kappa shape index (κ1) is 27.6. The van der Waals surface area contributed by atoms with Crippen molar-refractivity contribution < 1.29 is 19.0 Å². The van der Waals surface area contributed by atoms with E-state index in [0.29, 0.717) is 51.8 Å². The van der Waals surface area contributed by atoms with Crippen LogP contribution in [0, 0.1) is 11.3 Å². The van der Waals surface area contributed by atoms with Crippen LogP contribution in [0.25, 0.3) is 6.08 Å². The van der Waals surface area contributed by atoms with Gasteiger partial charge in [-0.2, -0.15) is 5.26 Å². The molecule has 1 amide bonds. The molecular weight excluding hydrogens is 535 g/mol. The minimum atomic E-state index is -0.568. The number of amides is 1. The number of nitriles is 1. The second-order valence-corrected chi connectivity index (χ2v) is 9.15. The number of ether oxygens (including phenoxy) is 3. The average Bonchev–Trinajstić information content (AvgIpc) is 2.96. The molecule has 196 valence electrons. The minimum Gasteiger partial charge on any atom is -0.493 e. The van der Waals surface area contributed by atoms with Crippen molar-refractivity contribution in [1.29, 1.82) is 5.26 Å². The molecule has 6 nitrogen and oxygen atoms in total. The van der Waals surface area contributed by atoms with Crippen molar-refractivity contribution in [1.82, 2.24) is 0 Å². The van der Waals surface area contributed by atoms with E-state index in [9.17, 15) is 10.1 Å². The monoisotopic (exact) mass is 558 g/mol. The predicted octanol–water partition coefficient (Wildman–Crippen LogP) is 7.71. The van der Waals surface area contributed by atoms with Crippen LogP contribution < -0.4 is 19.5 Å². The smallest absolute Gasteiger partial charge is 0.266 e. The number of hydrogen-bond acceptors (Lipinski definition) is 5. The molecule has 0 radical (unpaired) electrons. The molecule has 0 aliphatic heterocycles. The van der Waals surface area contributed by atoms with Gasteiger partial charge in [0.05, 0.1) is 12.1 Å². The maximum Gasteiger partial charge on any atom is 0.266 e. The van der Waals surface area contributed by atoms with Crippen molar-refractivity contribution in [3.05, 3.63) is 123 Å². The van der Waals surface area contributed by atoms with Crippen LogP contribution in [-0.4, -0.2) is 13.0 Å². The summed E-state index contributed by atoms with van der Waals surface area (Å²) in [5.41, 5.74) is 2.76. The molecule has 0 unspecified atom stereocenters. The normalized spacial score (nSPS) is 10.9. The number of carbonyl (C=O) groups is 1. The lowest BCUT2D eigenvalue weighted by Gasteiger charge is -2.13. The molecule has 8 heteroatoms. The highest BCUT2D eigenvalue weighted by atomic mass is 35.5. The second kappa shape index (κ2) is 13.4. The molecule has 0 fully saturated rings. The molecule has 0 spiro atoms. The standard InChI is InChI=1S/C31H24Cl2N2O4/c1-37-29-17-22(16-28(33)30(29)39-19-21-7-3-2-4-8-21)15-24(18-34)31(36)35-25-11-13-26(14-12-25)38-20-23-9-5-6-10-27(23)32/h2-17H,19-20H2,1H3,(H,35,36)/b24-15+. The van der Waals surface area contributed by atoms with Gasteiger partial charge in [-0.05, 0) is 59.7 Å². The first-order valence-electron chi connectivity index (χ1n) is 11.9. The zero-order valence-electron chi connectivity index (χ0n) is 21.0. The zero-order chi connectivity index (χ0) is 27.6. The summed E-state index contributed by atoms with van der Waals surface area (Å²) in [7, 11) is 1.49. The van der Waals surface area contributed by atoms with E-state index in [1.807, 2.05) is 54.6 Å². The maximum atomic E-state index is 12.8. The number of halogens is 2. The zero-order valence-corrected chi connectivity index (χ0v) is 22.5. The van der Waals surface area contributed by atoms with E-state index in [-0.39, 0.29) is 5.57 Å². The van der Waals surface area contributed by atoms with E-state index in [1.54, 1.807) is 42.5 Å². The molecule has 0 aliphatic carbocycles. The summed E-state index contributed by atoms with van der Waals surface area (Å²) in [5.74, 6) is 0.803. The minimum absolute atomic E-state index is 0.106. The maximum absolute atomic E-state index is 12.8. The van der Waals surface area contributed by atoms with Crippen molar-refractivity contribution in [3.63, 3.8) is 0 Å². The highest BCUT2D eigenvalue weighted by Crippen LogP contribution is 2.37. The van der Waals surface area contributed by atoms with Crippen LogP contribution in [0.15, 0.2) is 96.6 Å². The average molecular weight is 559 g/mol. The Kier molecular flexibility index (Phi) is 9.47. The highest BCUT2D eigenvalue weighted by molar-refractivity contribution is 6.32. The number of anilines is 1. The van der Waals surface area contributed by atoms with Crippen LogP contribution in [0.2, 0.25) is 10.0 Å². The molecule has 0 bridgehead atoms. The Morgan fingerprint density at radius 2 is 1.62 bits per heavy atom. The molecule has 1 N–H and O–H groups in total. The number of benzene rings is 4. The van der Waals surface area contributed by atoms with Gasteiger partial charge in [0, 0.05) is 16.3 Å². The molecule has 0 atom stereocenters. The van der Waals surface area contributed by atoms with Gasteiger partial charge in [-0.15, -0.1) is 0 Å². The fourth-order valence-corrected chi connectivity index (χ4v) is 4.08. The van der Waals surface area contributed by atoms with Gasteiger partial charge < -0.3 is 19.5 Å². The molecule has 4 aromatic carbocycles. The molecular formula is C31H24Cl2N2O4. The van der Waals surface area contributed by atoms with E-state index >= 15 is 0 Å². The lowest BCUT2D eigenvalue weighted by molar-refractivity contribution is -0.112. The molecule has 0 saturated heterocycles. The summed E-state index contributed by atoms with van der Waals surface area (Å²) >= 11 is 12.6. The summed E-state index contributed by atoms with van der Waals surface area (Å²) < 4.78 is 17.1. The number of methoxy groups -OCH3 is 1. The van der Waals surface area contributed by atoms with E-state index in [1.165, 1.54) is 13.2 Å². The molecule has 0 aliphatic rings. The van der Waals surface area contributed by atoms with Gasteiger partial charge in [-0.1, -0.05) is 71.7 Å². The Morgan fingerprint density at radius 3 is 2.31 bits per heavy atom. The quantitative estimate of drug-likeness (QED) is 0.159. The van der Waals surface area contributed by atoms with Crippen LogP contribution in [-0.2, 0) is 18.0 Å². The van der Waals surface area contributed by atoms with Crippen LogP contribution in [0.5, 0.6) is 17.2 Å². The van der Waals surface area contributed by atoms with Gasteiger partial charge in [0.1, 0.15) is 30.6 Å². The summed E-state index contributed by atoms with van der Waals surface area (Å²) in [6.45, 7) is 0.622. The molecule has 0 saturated carbocycles. The van der Waals surface area contributed by atoms with Crippen LogP contribution in [0.4, 0.5) is 5.69 Å². The topological polar surface area (TPSA) is 80.6 Å². The molecule has 4 aromatic rings. The number of carbonyl (C=O) groups excluding carboxylic acids is 1. The van der Waals surface area contributed by atoms with Crippen LogP contribution >= 0.6 is 23.2 Å². The Labute approximate surface area is 237 Å². The van der Waals surface area contributed by atoms with Gasteiger partial charge in [0.25, 0.3) is 5.91 Å². The Hall–Kier alpha value is -4.44. The van der Waals surface area contributed by atoms with Gasteiger partial charge in [-0.25, -0.2) is 0 Å². The van der Waals surface area contributed by atoms with Crippen LogP contribution in [0.3, 0.4) is 0 Å². The predicted molar refractivity (Wildman–Crippen MR) is 153 cm³/mol. The third kappa shape index (κ3) is 7.55. The van der Waals surface area contributed by atoms with Gasteiger partial charge >= 0.3 is 0 Å². The van der Waals surface area contributed by atoms with Crippen LogP contribution in [0.1, 0.15) is 16.7 Å². The van der Waals surface area contributed by atoms with Crippen molar-refractivity contribution in [2.75, 3.05) is 12.4 Å². The Balaban J connectivity index is 1.42. The van der Waals surface area contributed by atoms with Gasteiger partial charge in [0.2, 0.25) is 0 Å². The van der Waals surface area contributed by atoms with Crippen molar-refractivity contribution in [3.8, 4) is 23.3 Å². The SMILES string of the molecule is COc1cc(/C=C(\C#N)C(=O)Nc2ccc(OCc3ccccc3Cl)cc2)cc(Cl)c1OCc1ccccc1. The molecule has 4 rings (SSSR count). The number of nitrogens with one attached hydrogen (secondary N) is 1. The number of rotatable bonds is 10. The van der Waals surface area contributed by atoms with E-state index < -0.39 is 5.91 Å². The van der Waals surface area contributed by atoms with Gasteiger partial charge in [-0.3, -0.25) is 4.79 Å². The molecule has 39 heavy (non-hydrogen) atoms. The molecule has 0 aromatic heterocycles. The van der Waals surface area contributed by atoms with Crippen molar-refractivity contribution in [2.45, 2.75) is 13.2 Å². The first-order valence-corrected chi connectivity index (χ1v) is 12.7. The fraction of sp³-hybridized carbons (Fsp3) is 0.0968. The van der Waals surface area contributed by atoms with E-state index in [0.717, 1.165) is 11.1 Å². The third-order valence-electron chi connectivity index (χ3n) is 5.62. The Morgan fingerprint density at radius 1 is 0.897 bits per heavy atom. The third-order valence-corrected chi connectivity index (χ3v) is 6.27. The Bertz CT molecular complexity index is 1510. The van der Waals surface area contributed by atoms with Gasteiger partial charge in [0.15, 0.2) is 11.5 Å². The summed E-state index contributed by atoms with van der Waals surface area (Å²) in [4.78, 5) is 12.8.